The van der Waals surface area contributed by atoms with Crippen molar-refractivity contribution in [2.45, 2.75) is 41.9 Å². The molecule has 3 nitrogen and oxygen atoms in total. The lowest BCUT2D eigenvalue weighted by Crippen LogP contribution is -2.49. The van der Waals surface area contributed by atoms with E-state index in [1.54, 1.807) is 16.6 Å². The molecule has 1 aliphatic heterocycles. The van der Waals surface area contributed by atoms with E-state index >= 15 is 0 Å². The predicted molar refractivity (Wildman–Crippen MR) is 121 cm³/mol. The van der Waals surface area contributed by atoms with E-state index < -0.39 is 14.6 Å². The number of rotatable bonds is 3. The van der Waals surface area contributed by atoms with E-state index in [0.717, 1.165) is 40.7 Å². The van der Waals surface area contributed by atoms with Crippen molar-refractivity contribution in [1.29, 1.82) is 0 Å². The van der Waals surface area contributed by atoms with Gasteiger partial charge < -0.3 is 0 Å². The lowest BCUT2D eigenvalue weighted by Gasteiger charge is -2.41. The summed E-state index contributed by atoms with van der Waals surface area (Å²) in [4.78, 5) is 0.380. The van der Waals surface area contributed by atoms with Gasteiger partial charge in [-0.25, -0.2) is 12.8 Å². The average molecular weight is 438 g/mol. The fourth-order valence-corrected chi connectivity index (χ4v) is 7.98. The summed E-state index contributed by atoms with van der Waals surface area (Å²) in [6.07, 6.45) is 2.07. The average Bonchev–Trinajstić information content (AvgIpc) is 3.13. The van der Waals surface area contributed by atoms with Gasteiger partial charge in [-0.15, -0.1) is 0 Å². The van der Waals surface area contributed by atoms with Gasteiger partial charge in [0.25, 0.3) is 0 Å². The standard InChI is InChI=1S/C25H24ClNO2S/c1-18-7-11-22(12-8-18)30(28,29)25-15-16-27(26)24(25)14-10-21-17-20(9-13-23(21)25)19-5-3-2-4-6-19/h2-9,11-13,17,24H,10,14-16H2,1H3. The first-order chi connectivity index (χ1) is 14.4. The smallest absolute Gasteiger partial charge is 0.189 e. The zero-order valence-electron chi connectivity index (χ0n) is 16.9. The maximum atomic E-state index is 14.1. The minimum absolute atomic E-state index is 0.222. The van der Waals surface area contributed by atoms with Crippen LogP contribution in [0.25, 0.3) is 11.1 Å². The molecular weight excluding hydrogens is 414 g/mol. The second kappa shape index (κ2) is 7.23. The highest BCUT2D eigenvalue weighted by Crippen LogP contribution is 2.53. The van der Waals surface area contributed by atoms with Crippen LogP contribution >= 0.6 is 11.8 Å². The Balaban J connectivity index is 1.70. The minimum atomic E-state index is -3.63. The number of hydrogen-bond donors (Lipinski definition) is 0. The van der Waals surface area contributed by atoms with Crippen LogP contribution in [0.15, 0.2) is 77.7 Å². The van der Waals surface area contributed by atoms with Crippen LogP contribution in [0.3, 0.4) is 0 Å². The molecule has 2 atom stereocenters. The number of hydrogen-bond acceptors (Lipinski definition) is 3. The molecule has 1 saturated heterocycles. The number of benzene rings is 3. The Morgan fingerprint density at radius 3 is 2.43 bits per heavy atom. The van der Waals surface area contributed by atoms with Gasteiger partial charge in [0.15, 0.2) is 9.84 Å². The molecule has 5 heteroatoms. The van der Waals surface area contributed by atoms with Crippen molar-refractivity contribution in [3.8, 4) is 11.1 Å². The fraction of sp³-hybridized carbons (Fsp3) is 0.280. The molecule has 0 saturated carbocycles. The van der Waals surface area contributed by atoms with Crippen molar-refractivity contribution >= 4 is 21.6 Å². The van der Waals surface area contributed by atoms with Crippen molar-refractivity contribution in [3.63, 3.8) is 0 Å². The molecule has 30 heavy (non-hydrogen) atoms. The van der Waals surface area contributed by atoms with Crippen LogP contribution in [0, 0.1) is 6.92 Å². The van der Waals surface area contributed by atoms with Crippen LogP contribution in [0.1, 0.15) is 29.5 Å². The molecular formula is C25H24ClNO2S. The van der Waals surface area contributed by atoms with Gasteiger partial charge in [-0.1, -0.05) is 66.2 Å². The van der Waals surface area contributed by atoms with Gasteiger partial charge in [-0.3, -0.25) is 0 Å². The quantitative estimate of drug-likeness (QED) is 0.507. The van der Waals surface area contributed by atoms with Crippen LogP contribution in [0.5, 0.6) is 0 Å². The van der Waals surface area contributed by atoms with Crippen molar-refractivity contribution in [3.05, 3.63) is 89.5 Å². The van der Waals surface area contributed by atoms with Crippen molar-refractivity contribution in [2.24, 2.45) is 0 Å². The van der Waals surface area contributed by atoms with Crippen LogP contribution < -0.4 is 0 Å². The van der Waals surface area contributed by atoms with E-state index in [1.165, 1.54) is 0 Å². The van der Waals surface area contributed by atoms with E-state index in [2.05, 4.69) is 24.3 Å². The van der Waals surface area contributed by atoms with E-state index in [9.17, 15) is 8.42 Å². The molecule has 3 aromatic carbocycles. The third-order valence-corrected chi connectivity index (χ3v) is 9.69. The minimum Gasteiger partial charge on any atom is -0.223 e. The number of sulfone groups is 1. The van der Waals surface area contributed by atoms with Gasteiger partial charge in [0, 0.05) is 12.6 Å². The third kappa shape index (κ3) is 2.85. The largest absolute Gasteiger partial charge is 0.223 e. The number of nitrogens with zero attached hydrogens (tertiary/aromatic N) is 1. The summed E-state index contributed by atoms with van der Waals surface area (Å²) < 4.78 is 28.9. The monoisotopic (exact) mass is 437 g/mol. The van der Waals surface area contributed by atoms with Crippen molar-refractivity contribution in [2.75, 3.05) is 6.54 Å². The van der Waals surface area contributed by atoms with Gasteiger partial charge in [-0.05, 0) is 72.3 Å². The molecule has 5 rings (SSSR count). The zero-order chi connectivity index (χ0) is 20.9. The second-order valence-electron chi connectivity index (χ2n) is 8.37. The highest BCUT2D eigenvalue weighted by Gasteiger charge is 2.59. The Kier molecular flexibility index (Phi) is 4.77. The number of aryl methyl sites for hydroxylation is 2. The molecule has 2 unspecified atom stereocenters. The molecule has 0 amide bonds. The van der Waals surface area contributed by atoms with E-state index in [0.29, 0.717) is 17.9 Å². The van der Waals surface area contributed by atoms with E-state index in [4.69, 9.17) is 11.8 Å². The van der Waals surface area contributed by atoms with Crippen molar-refractivity contribution in [1.82, 2.24) is 4.42 Å². The summed E-state index contributed by atoms with van der Waals surface area (Å²) in [5.74, 6) is 0. The summed E-state index contributed by atoms with van der Waals surface area (Å²) in [6, 6.07) is 23.5. The molecule has 0 radical (unpaired) electrons. The Labute approximate surface area is 183 Å². The second-order valence-corrected chi connectivity index (χ2v) is 11.0. The van der Waals surface area contributed by atoms with Gasteiger partial charge in [-0.2, -0.15) is 0 Å². The summed E-state index contributed by atoms with van der Waals surface area (Å²) in [6.45, 7) is 2.53. The van der Waals surface area contributed by atoms with Gasteiger partial charge in [0.05, 0.1) is 4.90 Å². The van der Waals surface area contributed by atoms with Crippen LogP contribution in [-0.4, -0.2) is 25.4 Å². The number of fused-ring (bicyclic) bond motifs is 3. The Hall–Kier alpha value is -2.14. The molecule has 2 aliphatic rings. The first-order valence-electron chi connectivity index (χ1n) is 10.4. The van der Waals surface area contributed by atoms with Crippen LogP contribution in [0.2, 0.25) is 0 Å². The maximum Gasteiger partial charge on any atom is 0.189 e. The molecule has 3 aromatic rings. The highest BCUT2D eigenvalue weighted by molar-refractivity contribution is 7.92. The first kappa shape index (κ1) is 19.8. The molecule has 0 bridgehead atoms. The van der Waals surface area contributed by atoms with Crippen LogP contribution in [0.4, 0.5) is 0 Å². The molecule has 1 aliphatic carbocycles. The summed E-state index contributed by atoms with van der Waals surface area (Å²) in [5.41, 5.74) is 5.35. The fourth-order valence-electron chi connectivity index (χ4n) is 5.21. The SMILES string of the molecule is Cc1ccc(S(=O)(=O)C23CCN(Cl)C2CCc2cc(-c4ccccc4)ccc23)cc1. The highest BCUT2D eigenvalue weighted by atomic mass is 35.5. The lowest BCUT2D eigenvalue weighted by atomic mass is 9.78. The van der Waals surface area contributed by atoms with E-state index in [1.807, 2.05) is 43.3 Å². The van der Waals surface area contributed by atoms with Crippen molar-refractivity contribution < 1.29 is 8.42 Å². The van der Waals surface area contributed by atoms with Gasteiger partial charge in [0.1, 0.15) is 4.75 Å². The molecule has 0 spiro atoms. The van der Waals surface area contributed by atoms with Crippen LogP contribution in [-0.2, 0) is 21.0 Å². The predicted octanol–water partition coefficient (Wildman–Crippen LogP) is 5.51. The Bertz CT molecular complexity index is 1190. The Morgan fingerprint density at radius 1 is 0.967 bits per heavy atom. The zero-order valence-corrected chi connectivity index (χ0v) is 18.5. The third-order valence-electron chi connectivity index (χ3n) is 6.74. The molecule has 0 aromatic heterocycles. The first-order valence-corrected chi connectivity index (χ1v) is 12.2. The summed E-state index contributed by atoms with van der Waals surface area (Å²) in [7, 11) is -3.63. The van der Waals surface area contributed by atoms with Gasteiger partial charge >= 0.3 is 0 Å². The number of halogens is 1. The lowest BCUT2D eigenvalue weighted by molar-refractivity contribution is 0.331. The van der Waals surface area contributed by atoms with E-state index in [-0.39, 0.29) is 6.04 Å². The molecule has 1 heterocycles. The normalized spacial score (nSPS) is 23.7. The summed E-state index contributed by atoms with van der Waals surface area (Å²) in [5, 5.41) is 0. The van der Waals surface area contributed by atoms with Gasteiger partial charge in [0.2, 0.25) is 0 Å². The maximum absolute atomic E-state index is 14.1. The molecule has 0 N–H and O–H groups in total. The topological polar surface area (TPSA) is 37.4 Å². The molecule has 154 valence electrons. The molecule has 1 fully saturated rings. The summed E-state index contributed by atoms with van der Waals surface area (Å²) >= 11 is 6.56. The Morgan fingerprint density at radius 2 is 1.70 bits per heavy atom.